The van der Waals surface area contributed by atoms with Crippen LogP contribution in [0.5, 0.6) is 5.75 Å². The molecule has 2 amide bonds. The molecule has 1 aliphatic heterocycles. The van der Waals surface area contributed by atoms with Crippen LogP contribution in [0.3, 0.4) is 0 Å². The van der Waals surface area contributed by atoms with Crippen LogP contribution >= 0.6 is 0 Å². The molecule has 1 aliphatic rings. The van der Waals surface area contributed by atoms with Crippen molar-refractivity contribution in [2.45, 2.75) is 6.04 Å². The molecular formula is C22H26N6O2. The molecule has 0 aromatic heterocycles. The summed E-state index contributed by atoms with van der Waals surface area (Å²) in [5, 5.41) is 9.04. The number of allylic oxidation sites excluding steroid dienone is 1. The Morgan fingerprint density at radius 1 is 1.27 bits per heavy atom. The summed E-state index contributed by atoms with van der Waals surface area (Å²) in [6, 6.07) is 12.9. The van der Waals surface area contributed by atoms with Crippen LogP contribution in [0.1, 0.15) is 22.7 Å². The molecule has 156 valence electrons. The zero-order chi connectivity index (χ0) is 21.5. The highest BCUT2D eigenvalue weighted by molar-refractivity contribution is 6.10. The summed E-state index contributed by atoms with van der Waals surface area (Å²) in [5.74, 6) is 0.518. The average molecular weight is 406 g/mol. The summed E-state index contributed by atoms with van der Waals surface area (Å²) >= 11 is 0. The molecular weight excluding hydrogens is 380 g/mol. The Morgan fingerprint density at radius 3 is 2.77 bits per heavy atom. The molecule has 0 aliphatic carbocycles. The Kier molecular flexibility index (Phi) is 6.59. The Hall–Kier alpha value is -3.94. The van der Waals surface area contributed by atoms with Gasteiger partial charge in [0.05, 0.1) is 24.5 Å². The minimum absolute atomic E-state index is 0.0587. The van der Waals surface area contributed by atoms with Crippen molar-refractivity contribution in [3.05, 3.63) is 71.6 Å². The fraction of sp³-hybridized carbons (Fsp3) is 0.182. The molecule has 0 spiro atoms. The number of carbonyl (C=O) groups is 1. The van der Waals surface area contributed by atoms with Gasteiger partial charge in [-0.25, -0.2) is 4.79 Å². The molecule has 8 nitrogen and oxygen atoms in total. The smallest absolute Gasteiger partial charge is 0.319 e. The quantitative estimate of drug-likeness (QED) is 0.471. The monoisotopic (exact) mass is 406 g/mol. The van der Waals surface area contributed by atoms with E-state index in [0.717, 1.165) is 28.0 Å². The van der Waals surface area contributed by atoms with E-state index < -0.39 is 0 Å². The predicted molar refractivity (Wildman–Crippen MR) is 121 cm³/mol. The number of ether oxygens (including phenoxy) is 1. The van der Waals surface area contributed by atoms with Crippen molar-refractivity contribution in [2.24, 2.45) is 16.5 Å². The number of fused-ring (bicyclic) bond motifs is 1. The second-order valence-electron chi connectivity index (χ2n) is 6.62. The predicted octanol–water partition coefficient (Wildman–Crippen LogP) is 2.42. The Bertz CT molecular complexity index is 1010. The van der Waals surface area contributed by atoms with E-state index in [1.54, 1.807) is 38.7 Å². The number of hydrogen-bond donors (Lipinski definition) is 5. The van der Waals surface area contributed by atoms with Crippen LogP contribution in [0.4, 0.5) is 10.5 Å². The van der Waals surface area contributed by atoms with E-state index in [0.29, 0.717) is 18.0 Å². The number of carbonyl (C=O) groups excluding carboxylic acids is 1. The maximum Gasteiger partial charge on any atom is 0.319 e. The third-order valence-electron chi connectivity index (χ3n) is 4.82. The van der Waals surface area contributed by atoms with Crippen molar-refractivity contribution in [1.29, 1.82) is 0 Å². The molecule has 1 unspecified atom stereocenters. The van der Waals surface area contributed by atoms with Crippen molar-refractivity contribution in [3.63, 3.8) is 0 Å². The SMILES string of the molecule is CN=CC(=CN)c1ccc(NC(=O)NCC2N/C(=C\N)c3ccccc32)c(OC)c1. The molecule has 0 saturated heterocycles. The van der Waals surface area contributed by atoms with Gasteiger partial charge in [0.2, 0.25) is 0 Å². The van der Waals surface area contributed by atoms with Gasteiger partial charge in [-0.05, 0) is 23.3 Å². The average Bonchev–Trinajstić information content (AvgIpc) is 3.14. The van der Waals surface area contributed by atoms with Crippen molar-refractivity contribution in [3.8, 4) is 5.75 Å². The van der Waals surface area contributed by atoms with E-state index in [9.17, 15) is 4.79 Å². The zero-order valence-electron chi connectivity index (χ0n) is 17.0. The summed E-state index contributed by atoms with van der Waals surface area (Å²) in [4.78, 5) is 16.5. The summed E-state index contributed by atoms with van der Waals surface area (Å²) < 4.78 is 5.42. The number of nitrogens with one attached hydrogen (secondary N) is 3. The van der Waals surface area contributed by atoms with Crippen LogP contribution in [0, 0.1) is 0 Å². The number of amides is 2. The lowest BCUT2D eigenvalue weighted by Crippen LogP contribution is -2.35. The van der Waals surface area contributed by atoms with Gasteiger partial charge in [0, 0.05) is 43.3 Å². The van der Waals surface area contributed by atoms with Crippen molar-refractivity contribution in [1.82, 2.24) is 10.6 Å². The lowest BCUT2D eigenvalue weighted by atomic mass is 10.0. The second kappa shape index (κ2) is 9.51. The molecule has 2 aromatic carbocycles. The van der Waals surface area contributed by atoms with Crippen molar-refractivity contribution in [2.75, 3.05) is 26.0 Å². The third kappa shape index (κ3) is 4.38. The fourth-order valence-electron chi connectivity index (χ4n) is 3.38. The highest BCUT2D eigenvalue weighted by Gasteiger charge is 2.25. The van der Waals surface area contributed by atoms with Gasteiger partial charge in [0.1, 0.15) is 5.75 Å². The molecule has 0 radical (unpaired) electrons. The molecule has 8 heteroatoms. The van der Waals surface area contributed by atoms with E-state index in [4.69, 9.17) is 16.2 Å². The molecule has 1 atom stereocenters. The summed E-state index contributed by atoms with van der Waals surface area (Å²) in [5.41, 5.74) is 16.5. The summed E-state index contributed by atoms with van der Waals surface area (Å²) in [6.07, 6.45) is 4.67. The van der Waals surface area contributed by atoms with Gasteiger partial charge >= 0.3 is 6.03 Å². The fourth-order valence-corrected chi connectivity index (χ4v) is 3.38. The van der Waals surface area contributed by atoms with Gasteiger partial charge in [0.15, 0.2) is 0 Å². The number of methoxy groups -OCH3 is 1. The number of nitrogens with zero attached hydrogens (tertiary/aromatic N) is 1. The Labute approximate surface area is 175 Å². The van der Waals surface area contributed by atoms with E-state index in [2.05, 4.69) is 20.9 Å². The number of rotatable bonds is 6. The van der Waals surface area contributed by atoms with Gasteiger partial charge in [-0.1, -0.05) is 30.3 Å². The molecule has 0 fully saturated rings. The summed E-state index contributed by atoms with van der Waals surface area (Å²) in [6.45, 7) is 0.396. The van der Waals surface area contributed by atoms with Gasteiger partial charge < -0.3 is 32.2 Å². The lowest BCUT2D eigenvalue weighted by Gasteiger charge is -2.16. The molecule has 2 aromatic rings. The maximum absolute atomic E-state index is 12.5. The first kappa shape index (κ1) is 20.8. The van der Waals surface area contributed by atoms with Crippen molar-refractivity contribution < 1.29 is 9.53 Å². The number of benzene rings is 2. The van der Waals surface area contributed by atoms with E-state index >= 15 is 0 Å². The molecule has 7 N–H and O–H groups in total. The molecule has 3 rings (SSSR count). The van der Waals surface area contributed by atoms with Crippen LogP contribution in [0.15, 0.2) is 59.9 Å². The van der Waals surface area contributed by atoms with Gasteiger partial charge in [0.25, 0.3) is 0 Å². The van der Waals surface area contributed by atoms with Crippen LogP contribution in [-0.2, 0) is 0 Å². The van der Waals surface area contributed by atoms with Crippen molar-refractivity contribution >= 4 is 29.2 Å². The summed E-state index contributed by atoms with van der Waals surface area (Å²) in [7, 11) is 3.22. The normalized spacial score (nSPS) is 16.9. The van der Waals surface area contributed by atoms with Crippen LogP contribution in [-0.4, -0.2) is 32.9 Å². The zero-order valence-corrected chi connectivity index (χ0v) is 17.0. The topological polar surface area (TPSA) is 127 Å². The molecule has 0 bridgehead atoms. The van der Waals surface area contributed by atoms with Gasteiger partial charge in [-0.2, -0.15) is 0 Å². The number of urea groups is 1. The standard InChI is InChI=1S/C22H26N6O2/c1-25-12-15(10-23)14-7-8-18(21(9-14)30-2)28-22(29)26-13-20-17-6-4-3-5-16(17)19(11-24)27-20/h3-12,20,27H,13,23-24H2,1-2H3,(H2,26,28,29)/b15-10?,19-11-,25-12?. The first-order valence-electron chi connectivity index (χ1n) is 9.46. The van der Waals surface area contributed by atoms with Gasteiger partial charge in [-0.15, -0.1) is 0 Å². The van der Waals surface area contributed by atoms with E-state index in [1.807, 2.05) is 30.3 Å². The molecule has 0 saturated carbocycles. The number of anilines is 1. The minimum Gasteiger partial charge on any atom is -0.495 e. The number of nitrogens with two attached hydrogens (primary N) is 2. The molecule has 30 heavy (non-hydrogen) atoms. The largest absolute Gasteiger partial charge is 0.495 e. The highest BCUT2D eigenvalue weighted by atomic mass is 16.5. The van der Waals surface area contributed by atoms with E-state index in [1.165, 1.54) is 6.20 Å². The molecule has 1 heterocycles. The van der Waals surface area contributed by atoms with Crippen LogP contribution < -0.4 is 32.2 Å². The first-order chi connectivity index (χ1) is 14.6. The Morgan fingerprint density at radius 2 is 2.07 bits per heavy atom. The number of hydrogen-bond acceptors (Lipinski definition) is 6. The number of aliphatic imine (C=N–C) groups is 1. The first-order valence-corrected chi connectivity index (χ1v) is 9.46. The third-order valence-corrected chi connectivity index (χ3v) is 4.82. The lowest BCUT2D eigenvalue weighted by molar-refractivity contribution is 0.251. The van der Waals surface area contributed by atoms with E-state index in [-0.39, 0.29) is 12.1 Å². The highest BCUT2D eigenvalue weighted by Crippen LogP contribution is 2.31. The maximum atomic E-state index is 12.5. The van der Waals surface area contributed by atoms with Gasteiger partial charge in [-0.3, -0.25) is 4.99 Å². The second-order valence-corrected chi connectivity index (χ2v) is 6.62. The Balaban J connectivity index is 1.67. The van der Waals surface area contributed by atoms with Crippen LogP contribution in [0.2, 0.25) is 0 Å². The van der Waals surface area contributed by atoms with Crippen LogP contribution in [0.25, 0.3) is 11.3 Å². The minimum atomic E-state index is -0.338.